The zero-order valence-electron chi connectivity index (χ0n) is 7.30. The second-order valence-corrected chi connectivity index (χ2v) is 5.15. The van der Waals surface area contributed by atoms with Crippen LogP contribution in [0.25, 0.3) is 0 Å². The van der Waals surface area contributed by atoms with Crippen molar-refractivity contribution in [2.24, 2.45) is 22.7 Å². The van der Waals surface area contributed by atoms with Gasteiger partial charge in [-0.05, 0) is 37.5 Å². The Balaban J connectivity index is 1.91. The van der Waals surface area contributed by atoms with Crippen molar-refractivity contribution in [1.29, 1.82) is 0 Å². The first-order valence-corrected chi connectivity index (χ1v) is 5.07. The molecule has 0 aromatic rings. The standard InChI is InChI=1S/C10H11NO2/c12-7-9-2-1-5-3-6(5)10(9,4-9)8(13)11-7/h5-6H,1-4H2,(H,11,12,13). The summed E-state index contributed by atoms with van der Waals surface area (Å²) in [5, 5.41) is 2.52. The summed E-state index contributed by atoms with van der Waals surface area (Å²) < 4.78 is 0. The number of hydrogen-bond acceptors (Lipinski definition) is 2. The molecule has 1 heterocycles. The maximum absolute atomic E-state index is 11.7. The zero-order chi connectivity index (χ0) is 8.84. The van der Waals surface area contributed by atoms with Crippen molar-refractivity contribution in [2.75, 3.05) is 0 Å². The molecule has 4 atom stereocenters. The fourth-order valence-electron chi connectivity index (χ4n) is 4.03. The average molecular weight is 177 g/mol. The smallest absolute Gasteiger partial charge is 0.234 e. The van der Waals surface area contributed by atoms with Gasteiger partial charge in [-0.3, -0.25) is 14.9 Å². The van der Waals surface area contributed by atoms with Gasteiger partial charge in [0, 0.05) is 0 Å². The summed E-state index contributed by atoms with van der Waals surface area (Å²) in [5.41, 5.74) is -0.422. The highest BCUT2D eigenvalue weighted by molar-refractivity contribution is 6.14. The fourth-order valence-corrected chi connectivity index (χ4v) is 4.03. The van der Waals surface area contributed by atoms with Crippen molar-refractivity contribution in [3.63, 3.8) is 0 Å². The predicted molar refractivity (Wildman–Crippen MR) is 43.5 cm³/mol. The third-order valence-corrected chi connectivity index (χ3v) is 4.87. The molecule has 0 radical (unpaired) electrons. The number of hydrogen-bond donors (Lipinski definition) is 1. The average Bonchev–Trinajstić information content (AvgIpc) is 2.95. The van der Waals surface area contributed by atoms with Crippen LogP contribution in [0.1, 0.15) is 25.7 Å². The molecule has 3 saturated carbocycles. The third kappa shape index (κ3) is 0.437. The number of carbonyl (C=O) groups excluding carboxylic acids is 2. The van der Waals surface area contributed by atoms with Crippen LogP contribution in [0.5, 0.6) is 0 Å². The van der Waals surface area contributed by atoms with Gasteiger partial charge in [-0.15, -0.1) is 0 Å². The maximum Gasteiger partial charge on any atom is 0.234 e. The lowest BCUT2D eigenvalue weighted by molar-refractivity contribution is -0.129. The number of carbonyl (C=O) groups is 2. The monoisotopic (exact) mass is 177 g/mol. The molecule has 3 heteroatoms. The summed E-state index contributed by atoms with van der Waals surface area (Å²) in [4.78, 5) is 23.3. The Morgan fingerprint density at radius 3 is 3.00 bits per heavy atom. The summed E-state index contributed by atoms with van der Waals surface area (Å²) in [7, 11) is 0. The SMILES string of the molecule is O=C1NC(=O)C23CC12CCC1CC13. The lowest BCUT2D eigenvalue weighted by Crippen LogP contribution is -2.29. The van der Waals surface area contributed by atoms with Gasteiger partial charge in [0.1, 0.15) is 0 Å². The van der Waals surface area contributed by atoms with E-state index in [9.17, 15) is 9.59 Å². The molecule has 1 N–H and O–H groups in total. The molecule has 0 aromatic carbocycles. The molecular weight excluding hydrogens is 166 g/mol. The van der Waals surface area contributed by atoms with Gasteiger partial charge in [0.2, 0.25) is 11.8 Å². The van der Waals surface area contributed by atoms with E-state index in [4.69, 9.17) is 0 Å². The Hall–Kier alpha value is -0.860. The summed E-state index contributed by atoms with van der Waals surface area (Å²) in [6.45, 7) is 0. The largest absolute Gasteiger partial charge is 0.295 e. The first-order chi connectivity index (χ1) is 6.21. The Kier molecular flexibility index (Phi) is 0.731. The summed E-state index contributed by atoms with van der Waals surface area (Å²) >= 11 is 0. The van der Waals surface area contributed by atoms with Gasteiger partial charge in [0.25, 0.3) is 0 Å². The predicted octanol–water partition coefficient (Wildman–Crippen LogP) is 0.449. The van der Waals surface area contributed by atoms with Gasteiger partial charge in [-0.1, -0.05) is 0 Å². The molecule has 13 heavy (non-hydrogen) atoms. The molecule has 0 aromatic heterocycles. The molecule has 3 aliphatic carbocycles. The Morgan fingerprint density at radius 1 is 1.31 bits per heavy atom. The second kappa shape index (κ2) is 1.45. The second-order valence-electron chi connectivity index (χ2n) is 5.15. The number of piperidine rings is 1. The Bertz CT molecular complexity index is 364. The zero-order valence-corrected chi connectivity index (χ0v) is 7.30. The highest BCUT2D eigenvalue weighted by Gasteiger charge is 2.86. The van der Waals surface area contributed by atoms with Crippen LogP contribution < -0.4 is 5.32 Å². The van der Waals surface area contributed by atoms with Crippen LogP contribution in [-0.4, -0.2) is 11.8 Å². The fraction of sp³-hybridized carbons (Fsp3) is 0.800. The number of nitrogens with one attached hydrogen (secondary N) is 1. The molecule has 2 amide bonds. The molecule has 0 bridgehead atoms. The molecule has 1 saturated heterocycles. The number of rotatable bonds is 0. The van der Waals surface area contributed by atoms with Crippen molar-refractivity contribution in [3.05, 3.63) is 0 Å². The van der Waals surface area contributed by atoms with E-state index in [0.717, 1.165) is 18.8 Å². The lowest BCUT2D eigenvalue weighted by Gasteiger charge is -2.18. The van der Waals surface area contributed by atoms with E-state index in [1.165, 1.54) is 12.8 Å². The van der Waals surface area contributed by atoms with E-state index in [1.54, 1.807) is 0 Å². The molecule has 4 fully saturated rings. The molecule has 1 aliphatic heterocycles. The van der Waals surface area contributed by atoms with Gasteiger partial charge in [0.15, 0.2) is 0 Å². The maximum atomic E-state index is 11.7. The van der Waals surface area contributed by atoms with Gasteiger partial charge in [0.05, 0.1) is 10.8 Å². The topological polar surface area (TPSA) is 46.2 Å². The minimum Gasteiger partial charge on any atom is -0.295 e. The van der Waals surface area contributed by atoms with E-state index in [-0.39, 0.29) is 22.6 Å². The van der Waals surface area contributed by atoms with Crippen molar-refractivity contribution in [1.82, 2.24) is 5.32 Å². The quantitative estimate of drug-likeness (QED) is 0.546. The Labute approximate surface area is 75.9 Å². The van der Waals surface area contributed by atoms with Crippen molar-refractivity contribution in [2.45, 2.75) is 25.7 Å². The van der Waals surface area contributed by atoms with Gasteiger partial charge < -0.3 is 0 Å². The van der Waals surface area contributed by atoms with Crippen LogP contribution in [0.3, 0.4) is 0 Å². The molecule has 68 valence electrons. The van der Waals surface area contributed by atoms with Crippen LogP contribution in [0, 0.1) is 22.7 Å². The lowest BCUT2D eigenvalue weighted by atomic mass is 9.81. The van der Waals surface area contributed by atoms with Gasteiger partial charge >= 0.3 is 0 Å². The first-order valence-electron chi connectivity index (χ1n) is 5.07. The van der Waals surface area contributed by atoms with Crippen LogP contribution in [0.15, 0.2) is 0 Å². The van der Waals surface area contributed by atoms with Crippen LogP contribution in [0.4, 0.5) is 0 Å². The van der Waals surface area contributed by atoms with Crippen molar-refractivity contribution < 1.29 is 9.59 Å². The van der Waals surface area contributed by atoms with Gasteiger partial charge in [-0.2, -0.15) is 0 Å². The number of amides is 2. The van der Waals surface area contributed by atoms with E-state index < -0.39 is 0 Å². The molecule has 4 unspecified atom stereocenters. The minimum absolute atomic E-state index is 0.0304. The number of imide groups is 1. The van der Waals surface area contributed by atoms with Gasteiger partial charge in [-0.25, -0.2) is 0 Å². The van der Waals surface area contributed by atoms with Crippen LogP contribution in [0.2, 0.25) is 0 Å². The minimum atomic E-state index is -0.220. The first kappa shape index (κ1) is 6.57. The summed E-state index contributed by atoms with van der Waals surface area (Å²) in [6.07, 6.45) is 4.20. The third-order valence-electron chi connectivity index (χ3n) is 4.87. The molecule has 4 aliphatic rings. The summed E-state index contributed by atoms with van der Waals surface area (Å²) in [5.74, 6) is 1.41. The molecule has 4 rings (SSSR count). The normalized spacial score (nSPS) is 60.6. The van der Waals surface area contributed by atoms with E-state index >= 15 is 0 Å². The Morgan fingerprint density at radius 2 is 2.15 bits per heavy atom. The van der Waals surface area contributed by atoms with Crippen LogP contribution in [-0.2, 0) is 9.59 Å². The highest BCUT2D eigenvalue weighted by atomic mass is 16.2. The summed E-state index contributed by atoms with van der Waals surface area (Å²) in [6, 6.07) is 0. The van der Waals surface area contributed by atoms with E-state index in [0.29, 0.717) is 5.92 Å². The molecular formula is C10H11NO2. The van der Waals surface area contributed by atoms with Crippen molar-refractivity contribution >= 4 is 11.8 Å². The molecule has 3 nitrogen and oxygen atoms in total. The van der Waals surface area contributed by atoms with Crippen LogP contribution >= 0.6 is 0 Å². The van der Waals surface area contributed by atoms with Crippen molar-refractivity contribution in [3.8, 4) is 0 Å². The van der Waals surface area contributed by atoms with E-state index in [2.05, 4.69) is 5.32 Å². The molecule has 0 spiro atoms. The highest BCUT2D eigenvalue weighted by Crippen LogP contribution is 2.82. The van der Waals surface area contributed by atoms with E-state index in [1.807, 2.05) is 0 Å². The number of fused-ring (bicyclic) bond motifs is 1.